The second kappa shape index (κ2) is 16.7. The molecule has 3 rings (SSSR count). The number of pyridine rings is 1. The zero-order chi connectivity index (χ0) is 29.6. The predicted octanol–water partition coefficient (Wildman–Crippen LogP) is 0.272. The van der Waals surface area contributed by atoms with E-state index in [-0.39, 0.29) is 23.9 Å². The number of fused-ring (bicyclic) bond motifs is 1. The van der Waals surface area contributed by atoms with Gasteiger partial charge in [-0.05, 0) is 49.9 Å². The van der Waals surface area contributed by atoms with Crippen LogP contribution in [-0.2, 0) is 16.0 Å². The normalized spacial score (nSPS) is 13.1. The average Bonchev–Trinajstić information content (AvgIpc) is 3.00. The lowest BCUT2D eigenvalue weighted by Crippen LogP contribution is -2.56. The molecule has 222 valence electrons. The van der Waals surface area contributed by atoms with Gasteiger partial charge in [-0.1, -0.05) is 48.5 Å². The van der Waals surface area contributed by atoms with Crippen LogP contribution in [0.5, 0.6) is 0 Å². The first-order valence-electron chi connectivity index (χ1n) is 14.2. The minimum Gasteiger partial charge on any atom is -0.343 e. The molecule has 3 aromatic rings. The lowest BCUT2D eigenvalue weighted by molar-refractivity contribution is -0.127. The Morgan fingerprint density at radius 3 is 2.12 bits per heavy atom. The molecule has 0 fully saturated rings. The number of anilines is 1. The molecule has 1 heterocycles. The first-order valence-corrected chi connectivity index (χ1v) is 14.2. The molecular formula is C30H45N9O2. The molecule has 2 aromatic carbocycles. The van der Waals surface area contributed by atoms with Crippen molar-refractivity contribution in [3.63, 3.8) is 0 Å². The molecule has 0 aliphatic rings. The Labute approximate surface area is 242 Å². The van der Waals surface area contributed by atoms with E-state index in [0.29, 0.717) is 64.1 Å². The molecule has 0 unspecified atom stereocenters. The van der Waals surface area contributed by atoms with E-state index in [0.717, 1.165) is 16.5 Å². The molecule has 0 aliphatic heterocycles. The molecule has 0 radical (unpaired) electrons. The van der Waals surface area contributed by atoms with Gasteiger partial charge in [0.1, 0.15) is 6.04 Å². The number of hydrogen-bond acceptors (Lipinski definition) is 9. The smallest absolute Gasteiger partial charge is 0.247 e. The summed E-state index contributed by atoms with van der Waals surface area (Å²) in [6, 6.07) is 17.6. The van der Waals surface area contributed by atoms with E-state index in [1.807, 2.05) is 60.7 Å². The molecule has 11 heteroatoms. The molecule has 0 bridgehead atoms. The quantitative estimate of drug-likeness (QED) is 0.120. The second-order valence-corrected chi connectivity index (χ2v) is 10.2. The van der Waals surface area contributed by atoms with Gasteiger partial charge in [0.05, 0.1) is 23.4 Å². The number of carbonyl (C=O) groups is 2. The van der Waals surface area contributed by atoms with Crippen molar-refractivity contribution in [3.8, 4) is 0 Å². The molecule has 0 saturated heterocycles. The van der Waals surface area contributed by atoms with Crippen LogP contribution in [0.2, 0.25) is 0 Å². The SMILES string of the molecule is NCC(CN)N(CCC[C@H](N)C(=O)N[C@H](CCc1ccccc1)C(=O)Nc1cnc2ccccc2c1)C(CN)CN. The fourth-order valence-electron chi connectivity index (χ4n) is 4.89. The van der Waals surface area contributed by atoms with E-state index in [9.17, 15) is 9.59 Å². The fourth-order valence-corrected chi connectivity index (χ4v) is 4.89. The fraction of sp³-hybridized carbons (Fsp3) is 0.433. The third-order valence-electron chi connectivity index (χ3n) is 7.35. The molecular weight excluding hydrogens is 518 g/mol. The number of carbonyl (C=O) groups excluding carboxylic acids is 2. The van der Waals surface area contributed by atoms with Crippen molar-refractivity contribution in [2.75, 3.05) is 38.0 Å². The highest BCUT2D eigenvalue weighted by Gasteiger charge is 2.26. The van der Waals surface area contributed by atoms with E-state index in [2.05, 4.69) is 20.5 Å². The summed E-state index contributed by atoms with van der Waals surface area (Å²) >= 11 is 0. The van der Waals surface area contributed by atoms with Crippen molar-refractivity contribution in [2.45, 2.75) is 49.9 Å². The van der Waals surface area contributed by atoms with Crippen LogP contribution in [0.25, 0.3) is 10.9 Å². The zero-order valence-corrected chi connectivity index (χ0v) is 23.6. The standard InChI is InChI=1S/C30H45N9O2/c31-16-24(17-32)39(25(18-33)19-34)14-6-10-26(35)29(40)38-28(13-12-21-7-2-1-3-8-21)30(41)37-23-15-22-9-4-5-11-27(22)36-20-23/h1-5,7-9,11,15,20,24-26,28H,6,10,12-14,16-19,31-35H2,(H,37,41)(H,38,40)/t26-,28+/m0/s1. The van der Waals surface area contributed by atoms with Crippen LogP contribution in [0.15, 0.2) is 66.9 Å². The molecule has 41 heavy (non-hydrogen) atoms. The highest BCUT2D eigenvalue weighted by molar-refractivity contribution is 5.98. The van der Waals surface area contributed by atoms with E-state index < -0.39 is 12.1 Å². The number of nitrogens with zero attached hydrogens (tertiary/aromatic N) is 2. The van der Waals surface area contributed by atoms with E-state index in [1.165, 1.54) is 0 Å². The summed E-state index contributed by atoms with van der Waals surface area (Å²) in [4.78, 5) is 33.0. The van der Waals surface area contributed by atoms with Crippen LogP contribution in [0, 0.1) is 0 Å². The number of aryl methyl sites for hydroxylation is 1. The minimum atomic E-state index is -0.797. The van der Waals surface area contributed by atoms with E-state index >= 15 is 0 Å². The van der Waals surface area contributed by atoms with E-state index in [4.69, 9.17) is 28.7 Å². The van der Waals surface area contributed by atoms with Gasteiger partial charge in [0, 0.05) is 43.6 Å². The third-order valence-corrected chi connectivity index (χ3v) is 7.35. The number of amides is 2. The summed E-state index contributed by atoms with van der Waals surface area (Å²) in [5.74, 6) is -0.711. The lowest BCUT2D eigenvalue weighted by Gasteiger charge is -2.36. The van der Waals surface area contributed by atoms with Crippen molar-refractivity contribution < 1.29 is 9.59 Å². The van der Waals surface area contributed by atoms with Gasteiger partial charge in [-0.3, -0.25) is 19.5 Å². The molecule has 0 spiro atoms. The van der Waals surface area contributed by atoms with Gasteiger partial charge in [-0.25, -0.2) is 0 Å². The zero-order valence-electron chi connectivity index (χ0n) is 23.6. The number of aromatic nitrogens is 1. The summed E-state index contributed by atoms with van der Waals surface area (Å²) in [5.41, 5.74) is 32.4. The van der Waals surface area contributed by atoms with Crippen LogP contribution in [0.1, 0.15) is 24.8 Å². The number of rotatable bonds is 17. The molecule has 11 nitrogen and oxygen atoms in total. The molecule has 12 N–H and O–H groups in total. The molecule has 0 aliphatic carbocycles. The Morgan fingerprint density at radius 1 is 0.829 bits per heavy atom. The van der Waals surface area contributed by atoms with Crippen LogP contribution in [-0.4, -0.2) is 78.6 Å². The molecule has 1 aromatic heterocycles. The maximum absolute atomic E-state index is 13.4. The van der Waals surface area contributed by atoms with Crippen molar-refractivity contribution in [1.29, 1.82) is 0 Å². The number of nitrogens with one attached hydrogen (secondary N) is 2. The summed E-state index contributed by atoms with van der Waals surface area (Å²) < 4.78 is 0. The van der Waals surface area contributed by atoms with Gasteiger partial charge in [-0.2, -0.15) is 0 Å². The Hall–Kier alpha value is -3.45. The minimum absolute atomic E-state index is 0.0622. The molecule has 0 saturated carbocycles. The van der Waals surface area contributed by atoms with Crippen molar-refractivity contribution >= 4 is 28.4 Å². The predicted molar refractivity (Wildman–Crippen MR) is 165 cm³/mol. The van der Waals surface area contributed by atoms with Gasteiger partial charge in [-0.15, -0.1) is 0 Å². The van der Waals surface area contributed by atoms with Gasteiger partial charge < -0.3 is 39.3 Å². The highest BCUT2D eigenvalue weighted by atomic mass is 16.2. The summed E-state index contributed by atoms with van der Waals surface area (Å²) in [7, 11) is 0. The summed E-state index contributed by atoms with van der Waals surface area (Å²) in [5, 5.41) is 6.70. The van der Waals surface area contributed by atoms with Crippen molar-refractivity contribution in [1.82, 2.24) is 15.2 Å². The first-order chi connectivity index (χ1) is 19.9. The van der Waals surface area contributed by atoms with Gasteiger partial charge >= 0.3 is 0 Å². The van der Waals surface area contributed by atoms with Crippen LogP contribution < -0.4 is 39.3 Å². The van der Waals surface area contributed by atoms with Crippen LogP contribution >= 0.6 is 0 Å². The topological polar surface area (TPSA) is 204 Å². The number of hydrogen-bond donors (Lipinski definition) is 7. The molecule has 2 atom stereocenters. The van der Waals surface area contributed by atoms with Crippen LogP contribution in [0.4, 0.5) is 5.69 Å². The third kappa shape index (κ3) is 9.56. The van der Waals surface area contributed by atoms with E-state index in [1.54, 1.807) is 6.20 Å². The van der Waals surface area contributed by atoms with Gasteiger partial charge in [0.2, 0.25) is 11.8 Å². The average molecular weight is 564 g/mol. The Morgan fingerprint density at radius 2 is 1.46 bits per heavy atom. The van der Waals surface area contributed by atoms with Crippen LogP contribution in [0.3, 0.4) is 0 Å². The monoisotopic (exact) mass is 563 g/mol. The van der Waals surface area contributed by atoms with Gasteiger partial charge in [0.15, 0.2) is 0 Å². The summed E-state index contributed by atoms with van der Waals surface area (Å²) in [6.07, 6.45) is 3.66. The Balaban J connectivity index is 1.64. The number of nitrogens with two attached hydrogens (primary N) is 5. The largest absolute Gasteiger partial charge is 0.343 e. The lowest BCUT2D eigenvalue weighted by atomic mass is 10.0. The Bertz CT molecular complexity index is 1210. The second-order valence-electron chi connectivity index (χ2n) is 10.2. The number of para-hydroxylation sites is 1. The Kier molecular flexibility index (Phi) is 13.1. The van der Waals surface area contributed by atoms with Crippen molar-refractivity contribution in [3.05, 3.63) is 72.4 Å². The maximum atomic E-state index is 13.4. The van der Waals surface area contributed by atoms with Gasteiger partial charge in [0.25, 0.3) is 0 Å². The highest BCUT2D eigenvalue weighted by Crippen LogP contribution is 2.17. The number of benzene rings is 2. The first kappa shape index (κ1) is 32.1. The van der Waals surface area contributed by atoms with Crippen molar-refractivity contribution in [2.24, 2.45) is 28.7 Å². The molecule has 2 amide bonds. The maximum Gasteiger partial charge on any atom is 0.247 e. The summed E-state index contributed by atoms with van der Waals surface area (Å²) in [6.45, 7) is 2.12.